The van der Waals surface area contributed by atoms with Crippen molar-refractivity contribution in [1.82, 2.24) is 4.72 Å². The largest absolute Gasteiger partial charge is 0.242 e. The standard InChI is InChI=1S/C10H12Cl3NO2S/c1-2-3-14-17(15,16)10-4-7(6-11)8(12)5-9(10)13/h4-5,14H,2-3,6H2,1H3. The summed E-state index contributed by atoms with van der Waals surface area (Å²) in [6, 6.07) is 2.79. The van der Waals surface area contributed by atoms with Crippen molar-refractivity contribution in [3.8, 4) is 0 Å². The zero-order chi connectivity index (χ0) is 13.1. The van der Waals surface area contributed by atoms with E-state index in [0.717, 1.165) is 0 Å². The summed E-state index contributed by atoms with van der Waals surface area (Å²) >= 11 is 17.4. The molecule has 1 aromatic carbocycles. The summed E-state index contributed by atoms with van der Waals surface area (Å²) in [7, 11) is -3.60. The van der Waals surface area contributed by atoms with Gasteiger partial charge in [0.05, 0.1) is 5.02 Å². The number of halogens is 3. The average Bonchev–Trinajstić information content (AvgIpc) is 2.26. The van der Waals surface area contributed by atoms with Gasteiger partial charge in [0, 0.05) is 17.4 Å². The summed E-state index contributed by atoms with van der Waals surface area (Å²) in [6.07, 6.45) is 0.701. The van der Waals surface area contributed by atoms with Gasteiger partial charge in [-0.1, -0.05) is 30.1 Å². The molecule has 3 nitrogen and oxygen atoms in total. The molecule has 0 fully saturated rings. The molecule has 0 amide bonds. The first-order valence-electron chi connectivity index (χ1n) is 4.96. The second-order valence-corrected chi connectivity index (χ2v) is 6.22. The van der Waals surface area contributed by atoms with E-state index in [9.17, 15) is 8.42 Å². The summed E-state index contributed by atoms with van der Waals surface area (Å²) in [6.45, 7) is 2.23. The molecule has 0 aliphatic rings. The first kappa shape index (κ1) is 15.1. The minimum absolute atomic E-state index is 0.00710. The van der Waals surface area contributed by atoms with E-state index in [1.807, 2.05) is 6.92 Å². The molecular formula is C10H12Cl3NO2S. The Kier molecular flexibility index (Phi) is 5.54. The molecular weight excluding hydrogens is 305 g/mol. The Morgan fingerprint density at radius 3 is 2.41 bits per heavy atom. The minimum atomic E-state index is -3.60. The number of alkyl halides is 1. The maximum atomic E-state index is 11.9. The molecule has 0 bridgehead atoms. The van der Waals surface area contributed by atoms with Crippen LogP contribution in [0.2, 0.25) is 10.0 Å². The van der Waals surface area contributed by atoms with Gasteiger partial charge in [0.2, 0.25) is 10.0 Å². The second-order valence-electron chi connectivity index (χ2n) is 3.41. The van der Waals surface area contributed by atoms with Crippen LogP contribution in [0.1, 0.15) is 18.9 Å². The lowest BCUT2D eigenvalue weighted by molar-refractivity contribution is 0.581. The Morgan fingerprint density at radius 1 is 1.24 bits per heavy atom. The summed E-state index contributed by atoms with van der Waals surface area (Å²) in [5.74, 6) is 0.131. The lowest BCUT2D eigenvalue weighted by atomic mass is 10.2. The zero-order valence-electron chi connectivity index (χ0n) is 9.13. The highest BCUT2D eigenvalue weighted by molar-refractivity contribution is 7.89. The molecule has 0 unspecified atom stereocenters. The Balaban J connectivity index is 3.22. The van der Waals surface area contributed by atoms with Crippen LogP contribution in [0, 0.1) is 0 Å². The van der Waals surface area contributed by atoms with Gasteiger partial charge >= 0.3 is 0 Å². The summed E-state index contributed by atoms with van der Waals surface area (Å²) in [5, 5.41) is 0.451. The Hall–Kier alpha value is -0.000000000000000111. The van der Waals surface area contributed by atoms with Crippen LogP contribution in [-0.4, -0.2) is 15.0 Å². The monoisotopic (exact) mass is 315 g/mol. The molecule has 0 heterocycles. The van der Waals surface area contributed by atoms with Gasteiger partial charge in [0.1, 0.15) is 4.90 Å². The molecule has 1 rings (SSSR count). The molecule has 0 saturated heterocycles. The van der Waals surface area contributed by atoms with Crippen molar-refractivity contribution >= 4 is 44.8 Å². The van der Waals surface area contributed by atoms with E-state index in [1.54, 1.807) is 0 Å². The van der Waals surface area contributed by atoms with Crippen molar-refractivity contribution in [3.05, 3.63) is 27.7 Å². The normalized spacial score (nSPS) is 11.8. The minimum Gasteiger partial charge on any atom is -0.211 e. The molecule has 0 aliphatic carbocycles. The van der Waals surface area contributed by atoms with Gasteiger partial charge in [-0.15, -0.1) is 11.6 Å². The lowest BCUT2D eigenvalue weighted by Gasteiger charge is -2.10. The van der Waals surface area contributed by atoms with E-state index in [-0.39, 0.29) is 15.8 Å². The molecule has 17 heavy (non-hydrogen) atoms. The maximum absolute atomic E-state index is 11.9. The van der Waals surface area contributed by atoms with Crippen LogP contribution in [0.25, 0.3) is 0 Å². The van der Waals surface area contributed by atoms with Crippen LogP contribution < -0.4 is 4.72 Å². The van der Waals surface area contributed by atoms with E-state index in [1.165, 1.54) is 12.1 Å². The highest BCUT2D eigenvalue weighted by Gasteiger charge is 2.19. The number of rotatable bonds is 5. The van der Waals surface area contributed by atoms with Crippen molar-refractivity contribution in [3.63, 3.8) is 0 Å². The van der Waals surface area contributed by atoms with Crippen LogP contribution in [0.5, 0.6) is 0 Å². The predicted molar refractivity (Wildman–Crippen MR) is 71.5 cm³/mol. The quantitative estimate of drug-likeness (QED) is 0.846. The highest BCUT2D eigenvalue weighted by Crippen LogP contribution is 2.29. The average molecular weight is 317 g/mol. The summed E-state index contributed by atoms with van der Waals surface area (Å²) in [5.41, 5.74) is 0.537. The van der Waals surface area contributed by atoms with Crippen molar-refractivity contribution in [2.24, 2.45) is 0 Å². The highest BCUT2D eigenvalue weighted by atomic mass is 35.5. The van der Waals surface area contributed by atoms with Gasteiger partial charge in [-0.3, -0.25) is 0 Å². The van der Waals surface area contributed by atoms with Crippen molar-refractivity contribution in [1.29, 1.82) is 0 Å². The number of hydrogen-bond donors (Lipinski definition) is 1. The SMILES string of the molecule is CCCNS(=O)(=O)c1cc(CCl)c(Cl)cc1Cl. The van der Waals surface area contributed by atoms with E-state index >= 15 is 0 Å². The zero-order valence-corrected chi connectivity index (χ0v) is 12.2. The molecule has 96 valence electrons. The van der Waals surface area contributed by atoms with E-state index < -0.39 is 10.0 Å². The fourth-order valence-corrected chi connectivity index (χ4v) is 3.48. The summed E-state index contributed by atoms with van der Waals surface area (Å²) in [4.78, 5) is 0.00710. The van der Waals surface area contributed by atoms with Gasteiger partial charge < -0.3 is 0 Å². The van der Waals surface area contributed by atoms with Crippen LogP contribution in [0.4, 0.5) is 0 Å². The second kappa shape index (κ2) is 6.25. The Morgan fingerprint density at radius 2 is 1.88 bits per heavy atom. The number of nitrogens with one attached hydrogen (secondary N) is 1. The molecule has 1 aromatic rings. The first-order valence-corrected chi connectivity index (χ1v) is 7.73. The van der Waals surface area contributed by atoms with Crippen LogP contribution in [0.15, 0.2) is 17.0 Å². The number of hydrogen-bond acceptors (Lipinski definition) is 2. The molecule has 7 heteroatoms. The van der Waals surface area contributed by atoms with Gasteiger partial charge in [0.25, 0.3) is 0 Å². The van der Waals surface area contributed by atoms with Gasteiger partial charge in [-0.05, 0) is 24.1 Å². The van der Waals surface area contributed by atoms with Crippen LogP contribution >= 0.6 is 34.8 Å². The Labute approximate surface area is 116 Å². The fraction of sp³-hybridized carbons (Fsp3) is 0.400. The van der Waals surface area contributed by atoms with E-state index in [4.69, 9.17) is 34.8 Å². The number of benzene rings is 1. The molecule has 0 saturated carbocycles. The fourth-order valence-electron chi connectivity index (χ4n) is 1.19. The maximum Gasteiger partial charge on any atom is 0.242 e. The molecule has 0 atom stereocenters. The molecule has 1 N–H and O–H groups in total. The van der Waals surface area contributed by atoms with Gasteiger partial charge in [-0.25, -0.2) is 13.1 Å². The molecule has 0 spiro atoms. The third kappa shape index (κ3) is 3.73. The molecule has 0 aromatic heterocycles. The van der Waals surface area contributed by atoms with Crippen molar-refractivity contribution < 1.29 is 8.42 Å². The first-order chi connectivity index (χ1) is 7.92. The van der Waals surface area contributed by atoms with Gasteiger partial charge in [0.15, 0.2) is 0 Å². The third-order valence-electron chi connectivity index (χ3n) is 2.08. The molecule has 0 aliphatic heterocycles. The van der Waals surface area contributed by atoms with Crippen molar-refractivity contribution in [2.75, 3.05) is 6.54 Å². The smallest absolute Gasteiger partial charge is 0.211 e. The summed E-state index contributed by atoms with van der Waals surface area (Å²) < 4.78 is 26.3. The predicted octanol–water partition coefficient (Wildman–Crippen LogP) is 3.42. The topological polar surface area (TPSA) is 46.2 Å². The van der Waals surface area contributed by atoms with E-state index in [2.05, 4.69) is 4.72 Å². The van der Waals surface area contributed by atoms with Crippen LogP contribution in [-0.2, 0) is 15.9 Å². The van der Waals surface area contributed by atoms with Gasteiger partial charge in [-0.2, -0.15) is 0 Å². The molecule has 0 radical (unpaired) electrons. The van der Waals surface area contributed by atoms with Crippen LogP contribution in [0.3, 0.4) is 0 Å². The lowest BCUT2D eigenvalue weighted by Crippen LogP contribution is -2.24. The number of sulfonamides is 1. The van der Waals surface area contributed by atoms with Crippen molar-refractivity contribution in [2.45, 2.75) is 24.1 Å². The Bertz CT molecular complexity index is 503. The third-order valence-corrected chi connectivity index (χ3v) is 4.64. The van der Waals surface area contributed by atoms with E-state index in [0.29, 0.717) is 23.6 Å².